The van der Waals surface area contributed by atoms with E-state index in [1.807, 2.05) is 11.9 Å². The van der Waals surface area contributed by atoms with Crippen molar-refractivity contribution in [3.63, 3.8) is 0 Å². The number of carbonyl (C=O) groups excluding carboxylic acids is 1. The van der Waals surface area contributed by atoms with Crippen molar-refractivity contribution < 1.29 is 4.79 Å². The third-order valence-corrected chi connectivity index (χ3v) is 4.99. The minimum absolute atomic E-state index is 0.180. The van der Waals surface area contributed by atoms with Crippen LogP contribution in [0.25, 0.3) is 0 Å². The summed E-state index contributed by atoms with van der Waals surface area (Å²) in [6.07, 6.45) is 6.92. The first-order valence-electron chi connectivity index (χ1n) is 7.40. The summed E-state index contributed by atoms with van der Waals surface area (Å²) in [5.41, 5.74) is 5.98. The van der Waals surface area contributed by atoms with Crippen molar-refractivity contribution in [3.8, 4) is 0 Å². The Kier molecular flexibility index (Phi) is 4.00. The molecule has 1 amide bonds. The number of hydrogen-bond donors (Lipinski definition) is 1. The van der Waals surface area contributed by atoms with Crippen molar-refractivity contribution in [3.05, 3.63) is 0 Å². The Bertz CT molecular complexity index is 308. The van der Waals surface area contributed by atoms with Crippen LogP contribution in [-0.2, 0) is 4.79 Å². The van der Waals surface area contributed by atoms with Crippen molar-refractivity contribution in [2.24, 2.45) is 23.0 Å². The number of rotatable bonds is 3. The van der Waals surface area contributed by atoms with Gasteiger partial charge < -0.3 is 10.6 Å². The summed E-state index contributed by atoms with van der Waals surface area (Å²) < 4.78 is 0. The van der Waals surface area contributed by atoms with Crippen LogP contribution < -0.4 is 5.73 Å². The average molecular weight is 252 g/mol. The van der Waals surface area contributed by atoms with Crippen LogP contribution in [0.2, 0.25) is 0 Å². The predicted molar refractivity (Wildman–Crippen MR) is 74.1 cm³/mol. The first-order chi connectivity index (χ1) is 8.40. The fraction of sp³-hybridized carbons (Fsp3) is 0.933. The number of nitrogens with zero attached hydrogens (tertiary/aromatic N) is 1. The van der Waals surface area contributed by atoms with Crippen LogP contribution in [0.4, 0.5) is 0 Å². The lowest BCUT2D eigenvalue weighted by molar-refractivity contribution is -0.140. The van der Waals surface area contributed by atoms with Gasteiger partial charge in [0.05, 0.1) is 0 Å². The number of hydrogen-bond acceptors (Lipinski definition) is 2. The van der Waals surface area contributed by atoms with Crippen molar-refractivity contribution in [1.29, 1.82) is 0 Å². The molecule has 2 aliphatic carbocycles. The molecule has 0 heterocycles. The summed E-state index contributed by atoms with van der Waals surface area (Å²) in [5, 5.41) is 0. The normalized spacial score (nSPS) is 34.8. The Labute approximate surface area is 111 Å². The molecule has 0 spiro atoms. The molecule has 0 aromatic carbocycles. The molecule has 2 rings (SSSR count). The van der Waals surface area contributed by atoms with E-state index >= 15 is 0 Å². The van der Waals surface area contributed by atoms with Gasteiger partial charge in [-0.3, -0.25) is 4.79 Å². The van der Waals surface area contributed by atoms with Crippen LogP contribution >= 0.6 is 0 Å². The second-order valence-corrected chi connectivity index (χ2v) is 7.10. The molecule has 2 fully saturated rings. The van der Waals surface area contributed by atoms with Gasteiger partial charge >= 0.3 is 0 Å². The molecule has 3 nitrogen and oxygen atoms in total. The second kappa shape index (κ2) is 5.20. The number of amides is 1. The lowest BCUT2D eigenvalue weighted by Crippen LogP contribution is -2.47. The van der Waals surface area contributed by atoms with Crippen LogP contribution in [0.15, 0.2) is 0 Å². The number of nitrogens with two attached hydrogens (primary N) is 1. The van der Waals surface area contributed by atoms with E-state index in [9.17, 15) is 4.79 Å². The first-order valence-corrected chi connectivity index (χ1v) is 7.40. The van der Waals surface area contributed by atoms with Gasteiger partial charge in [0.25, 0.3) is 0 Å². The Balaban J connectivity index is 1.89. The topological polar surface area (TPSA) is 46.3 Å². The largest absolute Gasteiger partial charge is 0.345 e. The van der Waals surface area contributed by atoms with Gasteiger partial charge in [0.2, 0.25) is 5.91 Å². The lowest BCUT2D eigenvalue weighted by atomic mass is 9.68. The molecular formula is C15H28N2O. The zero-order valence-corrected chi connectivity index (χ0v) is 12.1. The first kappa shape index (κ1) is 13.9. The molecule has 0 bridgehead atoms. The van der Waals surface area contributed by atoms with Gasteiger partial charge in [0, 0.05) is 25.6 Å². The third-order valence-electron chi connectivity index (χ3n) is 4.99. The van der Waals surface area contributed by atoms with Crippen molar-refractivity contribution in [2.45, 2.75) is 58.4 Å². The molecule has 0 aliphatic heterocycles. The van der Waals surface area contributed by atoms with E-state index < -0.39 is 0 Å². The van der Waals surface area contributed by atoms with E-state index in [-0.39, 0.29) is 11.3 Å². The van der Waals surface area contributed by atoms with Gasteiger partial charge in [-0.2, -0.15) is 0 Å². The minimum atomic E-state index is 0.180. The zero-order chi connectivity index (χ0) is 13.3. The van der Waals surface area contributed by atoms with Crippen LogP contribution in [0.5, 0.6) is 0 Å². The van der Waals surface area contributed by atoms with Crippen LogP contribution in [-0.4, -0.2) is 30.4 Å². The van der Waals surface area contributed by atoms with Crippen molar-refractivity contribution in [2.75, 3.05) is 13.6 Å². The zero-order valence-electron chi connectivity index (χ0n) is 12.1. The smallest absolute Gasteiger partial charge is 0.225 e. The maximum Gasteiger partial charge on any atom is 0.225 e. The summed E-state index contributed by atoms with van der Waals surface area (Å²) in [6.45, 7) is 5.41. The standard InChI is InChI=1S/C15H28N2O/c1-15(2)7-5-4-6-13(15)14(18)17(3)10-11-8-12(16)9-11/h11-13H,4-10,16H2,1-3H3. The fourth-order valence-corrected chi connectivity index (χ4v) is 3.63. The Hall–Kier alpha value is -0.570. The second-order valence-electron chi connectivity index (χ2n) is 7.10. The Morgan fingerprint density at radius 2 is 2.00 bits per heavy atom. The molecular weight excluding hydrogens is 224 g/mol. The SMILES string of the molecule is CN(CC1CC(N)C1)C(=O)C1CCCCC1(C)C. The quantitative estimate of drug-likeness (QED) is 0.838. The molecule has 18 heavy (non-hydrogen) atoms. The molecule has 0 aromatic rings. The lowest BCUT2D eigenvalue weighted by Gasteiger charge is -2.41. The molecule has 0 saturated heterocycles. The Morgan fingerprint density at radius 1 is 1.33 bits per heavy atom. The summed E-state index contributed by atoms with van der Waals surface area (Å²) in [4.78, 5) is 14.5. The van der Waals surface area contributed by atoms with E-state index in [1.54, 1.807) is 0 Å². The van der Waals surface area contributed by atoms with Gasteiger partial charge in [0.15, 0.2) is 0 Å². The highest BCUT2D eigenvalue weighted by atomic mass is 16.2. The van der Waals surface area contributed by atoms with Gasteiger partial charge in [0.1, 0.15) is 0 Å². The maximum atomic E-state index is 12.6. The van der Waals surface area contributed by atoms with Crippen molar-refractivity contribution in [1.82, 2.24) is 4.90 Å². The van der Waals surface area contributed by atoms with Crippen LogP contribution in [0, 0.1) is 17.3 Å². The molecule has 104 valence electrons. The summed E-state index contributed by atoms with van der Waals surface area (Å²) in [6, 6.07) is 0.379. The van der Waals surface area contributed by atoms with E-state index in [0.717, 1.165) is 25.8 Å². The molecule has 1 atom stereocenters. The third kappa shape index (κ3) is 2.87. The Morgan fingerprint density at radius 3 is 2.56 bits per heavy atom. The van der Waals surface area contributed by atoms with Gasteiger partial charge in [-0.05, 0) is 37.0 Å². The van der Waals surface area contributed by atoms with Gasteiger partial charge in [-0.25, -0.2) is 0 Å². The van der Waals surface area contributed by atoms with Gasteiger partial charge in [-0.15, -0.1) is 0 Å². The van der Waals surface area contributed by atoms with E-state index in [4.69, 9.17) is 5.73 Å². The van der Waals surface area contributed by atoms with E-state index in [2.05, 4.69) is 13.8 Å². The monoisotopic (exact) mass is 252 g/mol. The summed E-state index contributed by atoms with van der Waals surface area (Å²) in [7, 11) is 1.97. The molecule has 2 N–H and O–H groups in total. The predicted octanol–water partition coefficient (Wildman–Crippen LogP) is 2.40. The summed E-state index contributed by atoms with van der Waals surface area (Å²) >= 11 is 0. The maximum absolute atomic E-state index is 12.6. The molecule has 2 aliphatic rings. The summed E-state index contributed by atoms with van der Waals surface area (Å²) in [5.74, 6) is 1.23. The molecule has 3 heteroatoms. The van der Waals surface area contributed by atoms with Crippen LogP contribution in [0.3, 0.4) is 0 Å². The fourth-order valence-electron chi connectivity index (χ4n) is 3.63. The van der Waals surface area contributed by atoms with Gasteiger partial charge in [-0.1, -0.05) is 26.7 Å². The van der Waals surface area contributed by atoms with E-state index in [1.165, 1.54) is 19.3 Å². The minimum Gasteiger partial charge on any atom is -0.345 e. The van der Waals surface area contributed by atoms with Crippen LogP contribution in [0.1, 0.15) is 52.4 Å². The van der Waals surface area contributed by atoms with Crippen molar-refractivity contribution >= 4 is 5.91 Å². The van der Waals surface area contributed by atoms with E-state index in [0.29, 0.717) is 17.9 Å². The highest BCUT2D eigenvalue weighted by Gasteiger charge is 2.39. The molecule has 1 unspecified atom stereocenters. The molecule has 2 saturated carbocycles. The number of carbonyl (C=O) groups is 1. The highest BCUT2D eigenvalue weighted by molar-refractivity contribution is 5.79. The molecule has 0 radical (unpaired) electrons. The molecule has 0 aromatic heterocycles. The average Bonchev–Trinajstić information content (AvgIpc) is 2.25. The highest BCUT2D eigenvalue weighted by Crippen LogP contribution is 2.41.